The van der Waals surface area contributed by atoms with Crippen LogP contribution in [0.3, 0.4) is 0 Å². The Kier molecular flexibility index (Phi) is 4.76. The van der Waals surface area contributed by atoms with Crippen LogP contribution in [-0.2, 0) is 6.54 Å². The summed E-state index contributed by atoms with van der Waals surface area (Å²) in [7, 11) is 0. The van der Waals surface area contributed by atoms with Gasteiger partial charge in [0.15, 0.2) is 11.5 Å². The number of hydrogen-bond donors (Lipinski definition) is 0. The molecule has 3 heterocycles. The number of rotatable bonds is 4. The van der Waals surface area contributed by atoms with Crippen molar-refractivity contribution in [2.24, 2.45) is 0 Å². The van der Waals surface area contributed by atoms with E-state index in [2.05, 4.69) is 52.5 Å². The highest BCUT2D eigenvalue weighted by Gasteiger charge is 2.27. The van der Waals surface area contributed by atoms with E-state index >= 15 is 0 Å². The fourth-order valence-corrected chi connectivity index (χ4v) is 4.57. The van der Waals surface area contributed by atoms with Crippen molar-refractivity contribution < 1.29 is 14.0 Å². The molecule has 5 heteroatoms. The van der Waals surface area contributed by atoms with Crippen LogP contribution in [0.1, 0.15) is 41.5 Å². The Morgan fingerprint density at radius 3 is 2.55 bits per heavy atom. The van der Waals surface area contributed by atoms with Crippen LogP contribution in [0.2, 0.25) is 0 Å². The quantitative estimate of drug-likeness (QED) is 0.623. The Hall–Kier alpha value is -2.79. The van der Waals surface area contributed by atoms with Gasteiger partial charge in [-0.05, 0) is 62.1 Å². The predicted octanol–water partition coefficient (Wildman–Crippen LogP) is 5.07. The molecular weight excluding hydrogens is 364 g/mol. The molecule has 1 aromatic heterocycles. The van der Waals surface area contributed by atoms with Crippen LogP contribution in [0.5, 0.6) is 11.5 Å². The highest BCUT2D eigenvalue weighted by atomic mass is 16.6. The van der Waals surface area contributed by atoms with Gasteiger partial charge in [-0.3, -0.25) is 4.90 Å². The molecule has 0 spiro atoms. The van der Waals surface area contributed by atoms with Gasteiger partial charge in [-0.25, -0.2) is 0 Å². The van der Waals surface area contributed by atoms with Gasteiger partial charge in [0.2, 0.25) is 0 Å². The molecule has 0 saturated carbocycles. The van der Waals surface area contributed by atoms with Crippen molar-refractivity contribution >= 4 is 0 Å². The van der Waals surface area contributed by atoms with E-state index in [-0.39, 0.29) is 0 Å². The summed E-state index contributed by atoms with van der Waals surface area (Å²) in [6, 6.07) is 15.6. The third-order valence-corrected chi connectivity index (χ3v) is 5.98. The molecule has 2 aliphatic heterocycles. The molecule has 2 aliphatic rings. The summed E-state index contributed by atoms with van der Waals surface area (Å²) in [5.74, 6) is 2.61. The van der Waals surface area contributed by atoms with Gasteiger partial charge in [-0.2, -0.15) is 0 Å². The van der Waals surface area contributed by atoms with Crippen LogP contribution in [0.4, 0.5) is 0 Å². The number of aryl methyl sites for hydroxylation is 2. The van der Waals surface area contributed by atoms with Crippen molar-refractivity contribution in [2.45, 2.75) is 39.3 Å². The third-order valence-electron chi connectivity index (χ3n) is 5.98. The van der Waals surface area contributed by atoms with E-state index < -0.39 is 0 Å². The van der Waals surface area contributed by atoms with Crippen molar-refractivity contribution in [3.63, 3.8) is 0 Å². The molecule has 0 radical (unpaired) electrons. The molecule has 29 heavy (non-hydrogen) atoms. The van der Waals surface area contributed by atoms with E-state index in [4.69, 9.17) is 14.0 Å². The maximum atomic E-state index is 5.79. The molecule has 5 nitrogen and oxygen atoms in total. The van der Waals surface area contributed by atoms with E-state index in [0.717, 1.165) is 47.2 Å². The second-order valence-corrected chi connectivity index (χ2v) is 7.93. The number of benzene rings is 2. The van der Waals surface area contributed by atoms with Crippen LogP contribution in [0, 0.1) is 13.8 Å². The van der Waals surface area contributed by atoms with Gasteiger partial charge < -0.3 is 14.0 Å². The number of hydrogen-bond acceptors (Lipinski definition) is 5. The van der Waals surface area contributed by atoms with Crippen LogP contribution in [0.15, 0.2) is 47.0 Å². The molecule has 0 aliphatic carbocycles. The Labute approximate surface area is 171 Å². The van der Waals surface area contributed by atoms with E-state index in [1.54, 1.807) is 0 Å². The topological polar surface area (TPSA) is 47.7 Å². The van der Waals surface area contributed by atoms with E-state index in [1.807, 2.05) is 13.8 Å². The lowest BCUT2D eigenvalue weighted by atomic mass is 10.0. The zero-order valence-corrected chi connectivity index (χ0v) is 17.0. The minimum atomic E-state index is 0.424. The fourth-order valence-electron chi connectivity index (χ4n) is 4.57. The van der Waals surface area contributed by atoms with Gasteiger partial charge in [0.25, 0.3) is 0 Å². The second kappa shape index (κ2) is 7.56. The molecule has 0 amide bonds. The highest BCUT2D eigenvalue weighted by molar-refractivity contribution is 5.67. The average molecular weight is 390 g/mol. The minimum Gasteiger partial charge on any atom is -0.486 e. The number of likely N-dealkylation sites (tertiary alicyclic amines) is 1. The lowest BCUT2D eigenvalue weighted by Gasteiger charge is -2.26. The Bertz CT molecular complexity index is 990. The van der Waals surface area contributed by atoms with Gasteiger partial charge in [0.1, 0.15) is 19.0 Å². The van der Waals surface area contributed by atoms with Crippen molar-refractivity contribution in [2.75, 3.05) is 19.8 Å². The maximum Gasteiger partial charge on any atom is 0.161 e. The molecule has 3 aromatic rings. The van der Waals surface area contributed by atoms with Crippen LogP contribution < -0.4 is 9.47 Å². The number of aromatic nitrogens is 1. The summed E-state index contributed by atoms with van der Waals surface area (Å²) in [6.45, 7) is 7.27. The molecule has 150 valence electrons. The molecule has 2 aromatic carbocycles. The fraction of sp³-hybridized carbons (Fsp3) is 0.375. The standard InChI is InChI=1S/C24H26N2O3/c1-16-24(17(2)29-25-16)19-7-5-18(6-8-19)15-26-11-3-4-21(26)20-9-10-22-23(14-20)28-13-12-27-22/h5-10,14,21H,3-4,11-13,15H2,1-2H3. The molecule has 0 bridgehead atoms. The van der Waals surface area contributed by atoms with Crippen LogP contribution in [0.25, 0.3) is 11.1 Å². The molecule has 1 unspecified atom stereocenters. The first kappa shape index (κ1) is 18.3. The summed E-state index contributed by atoms with van der Waals surface area (Å²) < 4.78 is 16.8. The first-order valence-electron chi connectivity index (χ1n) is 10.3. The first-order valence-corrected chi connectivity index (χ1v) is 10.3. The Balaban J connectivity index is 1.33. The van der Waals surface area contributed by atoms with E-state index in [1.165, 1.54) is 24.0 Å². The smallest absolute Gasteiger partial charge is 0.161 e. The normalized spacial score (nSPS) is 18.9. The lowest BCUT2D eigenvalue weighted by Crippen LogP contribution is -2.23. The van der Waals surface area contributed by atoms with Gasteiger partial charge in [0, 0.05) is 18.2 Å². The molecular formula is C24H26N2O3. The first-order chi connectivity index (χ1) is 14.2. The second-order valence-electron chi connectivity index (χ2n) is 7.93. The van der Waals surface area contributed by atoms with Gasteiger partial charge in [-0.15, -0.1) is 0 Å². The summed E-state index contributed by atoms with van der Waals surface area (Å²) in [6.07, 6.45) is 2.40. The third kappa shape index (κ3) is 3.51. The van der Waals surface area contributed by atoms with Crippen LogP contribution in [-0.4, -0.2) is 29.8 Å². The summed E-state index contributed by atoms with van der Waals surface area (Å²) in [5.41, 5.74) is 5.85. The zero-order chi connectivity index (χ0) is 19.8. The van der Waals surface area contributed by atoms with Crippen molar-refractivity contribution in [1.82, 2.24) is 10.1 Å². The molecule has 0 N–H and O–H groups in total. The van der Waals surface area contributed by atoms with Gasteiger partial charge in [0.05, 0.1) is 5.69 Å². The largest absolute Gasteiger partial charge is 0.486 e. The van der Waals surface area contributed by atoms with Crippen molar-refractivity contribution in [3.05, 3.63) is 65.0 Å². The minimum absolute atomic E-state index is 0.424. The number of fused-ring (bicyclic) bond motifs is 1. The SMILES string of the molecule is Cc1noc(C)c1-c1ccc(CN2CCCC2c2ccc3c(c2)OCCO3)cc1. The van der Waals surface area contributed by atoms with Crippen molar-refractivity contribution in [3.8, 4) is 22.6 Å². The highest BCUT2D eigenvalue weighted by Crippen LogP contribution is 2.38. The zero-order valence-electron chi connectivity index (χ0n) is 17.0. The molecule has 5 rings (SSSR count). The van der Waals surface area contributed by atoms with Crippen molar-refractivity contribution in [1.29, 1.82) is 0 Å². The summed E-state index contributed by atoms with van der Waals surface area (Å²) >= 11 is 0. The average Bonchev–Trinajstić information content (AvgIpc) is 3.34. The summed E-state index contributed by atoms with van der Waals surface area (Å²) in [5, 5.41) is 4.07. The molecule has 1 fully saturated rings. The molecule has 1 saturated heterocycles. The van der Waals surface area contributed by atoms with E-state index in [9.17, 15) is 0 Å². The maximum absolute atomic E-state index is 5.79. The van der Waals surface area contributed by atoms with Gasteiger partial charge >= 0.3 is 0 Å². The lowest BCUT2D eigenvalue weighted by molar-refractivity contribution is 0.170. The van der Waals surface area contributed by atoms with E-state index in [0.29, 0.717) is 19.3 Å². The Morgan fingerprint density at radius 1 is 1.00 bits per heavy atom. The Morgan fingerprint density at radius 2 is 1.79 bits per heavy atom. The number of nitrogens with zero attached hydrogens (tertiary/aromatic N) is 2. The predicted molar refractivity (Wildman–Crippen MR) is 111 cm³/mol. The number of ether oxygens (including phenoxy) is 2. The molecule has 1 atom stereocenters. The van der Waals surface area contributed by atoms with Gasteiger partial charge in [-0.1, -0.05) is 35.5 Å². The van der Waals surface area contributed by atoms with Crippen LogP contribution >= 0.6 is 0 Å². The monoisotopic (exact) mass is 390 g/mol. The summed E-state index contributed by atoms with van der Waals surface area (Å²) in [4.78, 5) is 2.57.